The van der Waals surface area contributed by atoms with E-state index in [1.807, 2.05) is 24.3 Å². The summed E-state index contributed by atoms with van der Waals surface area (Å²) in [6.45, 7) is 0.429. The number of carbonyl (C=O) groups excluding carboxylic acids is 1. The van der Waals surface area contributed by atoms with Gasteiger partial charge in [0.05, 0.1) is 19.1 Å². The van der Waals surface area contributed by atoms with Gasteiger partial charge in [-0.25, -0.2) is 0 Å². The molecule has 0 radical (unpaired) electrons. The third kappa shape index (κ3) is 4.17. The third-order valence-corrected chi connectivity index (χ3v) is 3.91. The Bertz CT molecular complexity index is 801. The SMILES string of the molecule is COc1cccc(CNC(=O)CSc2nnc(-c3ccco3)o2)c1. The molecule has 1 aromatic carbocycles. The van der Waals surface area contributed by atoms with Crippen LogP contribution in [0.2, 0.25) is 0 Å². The fraction of sp³-hybridized carbons (Fsp3) is 0.188. The number of nitrogens with zero attached hydrogens (tertiary/aromatic N) is 2. The van der Waals surface area contributed by atoms with Crippen LogP contribution in [0.1, 0.15) is 5.56 Å². The number of carbonyl (C=O) groups is 1. The van der Waals surface area contributed by atoms with E-state index in [2.05, 4.69) is 15.5 Å². The third-order valence-electron chi connectivity index (χ3n) is 3.09. The van der Waals surface area contributed by atoms with E-state index in [4.69, 9.17) is 13.6 Å². The Balaban J connectivity index is 1.47. The second kappa shape index (κ2) is 7.69. The maximum atomic E-state index is 11.9. The van der Waals surface area contributed by atoms with Gasteiger partial charge < -0.3 is 18.9 Å². The molecule has 24 heavy (non-hydrogen) atoms. The van der Waals surface area contributed by atoms with Crippen molar-refractivity contribution >= 4 is 17.7 Å². The molecule has 124 valence electrons. The predicted molar refractivity (Wildman–Crippen MR) is 87.6 cm³/mol. The maximum Gasteiger partial charge on any atom is 0.284 e. The van der Waals surface area contributed by atoms with Crippen LogP contribution in [0.4, 0.5) is 0 Å². The van der Waals surface area contributed by atoms with E-state index < -0.39 is 0 Å². The van der Waals surface area contributed by atoms with Crippen LogP contribution in [0, 0.1) is 0 Å². The molecule has 1 amide bonds. The van der Waals surface area contributed by atoms with Gasteiger partial charge in [0.2, 0.25) is 5.91 Å². The lowest BCUT2D eigenvalue weighted by atomic mass is 10.2. The number of methoxy groups -OCH3 is 1. The summed E-state index contributed by atoms with van der Waals surface area (Å²) in [5, 5.41) is 10.9. The van der Waals surface area contributed by atoms with Crippen LogP contribution < -0.4 is 10.1 Å². The molecule has 3 rings (SSSR count). The lowest BCUT2D eigenvalue weighted by Crippen LogP contribution is -2.24. The van der Waals surface area contributed by atoms with Crippen LogP contribution in [-0.2, 0) is 11.3 Å². The molecule has 0 spiro atoms. The van der Waals surface area contributed by atoms with Crippen molar-refractivity contribution < 1.29 is 18.4 Å². The fourth-order valence-electron chi connectivity index (χ4n) is 1.93. The summed E-state index contributed by atoms with van der Waals surface area (Å²) in [6, 6.07) is 11.0. The van der Waals surface area contributed by atoms with Gasteiger partial charge in [-0.1, -0.05) is 23.9 Å². The number of benzene rings is 1. The van der Waals surface area contributed by atoms with Gasteiger partial charge >= 0.3 is 0 Å². The summed E-state index contributed by atoms with van der Waals surface area (Å²) >= 11 is 1.17. The van der Waals surface area contributed by atoms with Crippen LogP contribution in [-0.4, -0.2) is 29.0 Å². The molecule has 0 aliphatic heterocycles. The second-order valence-electron chi connectivity index (χ2n) is 4.77. The quantitative estimate of drug-likeness (QED) is 0.658. The monoisotopic (exact) mass is 345 g/mol. The molecule has 0 fully saturated rings. The van der Waals surface area contributed by atoms with Crippen molar-refractivity contribution in [1.82, 2.24) is 15.5 Å². The fourth-order valence-corrected chi connectivity index (χ4v) is 2.52. The van der Waals surface area contributed by atoms with Crippen molar-refractivity contribution in [3.63, 3.8) is 0 Å². The first kappa shape index (κ1) is 16.1. The number of aromatic nitrogens is 2. The number of thioether (sulfide) groups is 1. The minimum absolute atomic E-state index is 0.124. The Labute approximate surface area is 142 Å². The molecule has 3 aromatic rings. The summed E-state index contributed by atoms with van der Waals surface area (Å²) in [4.78, 5) is 11.9. The largest absolute Gasteiger partial charge is 0.497 e. The van der Waals surface area contributed by atoms with Crippen molar-refractivity contribution in [3.05, 3.63) is 48.2 Å². The van der Waals surface area contributed by atoms with Gasteiger partial charge in [-0.05, 0) is 29.8 Å². The van der Waals surface area contributed by atoms with Gasteiger partial charge in [-0.3, -0.25) is 4.79 Å². The molecule has 0 bridgehead atoms. The van der Waals surface area contributed by atoms with Gasteiger partial charge in [-0.15, -0.1) is 10.2 Å². The molecule has 7 nitrogen and oxygen atoms in total. The van der Waals surface area contributed by atoms with Crippen LogP contribution in [0.3, 0.4) is 0 Å². The Morgan fingerprint density at radius 3 is 3.00 bits per heavy atom. The maximum absolute atomic E-state index is 11.9. The number of furan rings is 1. The van der Waals surface area contributed by atoms with Crippen molar-refractivity contribution in [1.29, 1.82) is 0 Å². The standard InChI is InChI=1S/C16H15N3O4S/c1-21-12-5-2-4-11(8-12)9-17-14(20)10-24-16-19-18-15(23-16)13-6-3-7-22-13/h2-8H,9-10H2,1H3,(H,17,20). The lowest BCUT2D eigenvalue weighted by molar-refractivity contribution is -0.118. The topological polar surface area (TPSA) is 90.4 Å². The zero-order chi connectivity index (χ0) is 16.8. The van der Waals surface area contributed by atoms with E-state index in [1.165, 1.54) is 18.0 Å². The molecule has 8 heteroatoms. The summed E-state index contributed by atoms with van der Waals surface area (Å²) in [6.07, 6.45) is 1.53. The van der Waals surface area contributed by atoms with E-state index >= 15 is 0 Å². The number of amides is 1. The molecule has 0 unspecified atom stereocenters. The highest BCUT2D eigenvalue weighted by molar-refractivity contribution is 7.99. The van der Waals surface area contributed by atoms with Crippen molar-refractivity contribution in [3.8, 4) is 17.4 Å². The Morgan fingerprint density at radius 2 is 2.21 bits per heavy atom. The molecule has 1 N–H and O–H groups in total. The zero-order valence-corrected chi connectivity index (χ0v) is 13.7. The lowest BCUT2D eigenvalue weighted by Gasteiger charge is -2.06. The second-order valence-corrected chi connectivity index (χ2v) is 5.69. The number of ether oxygens (including phenoxy) is 1. The van der Waals surface area contributed by atoms with Crippen LogP contribution in [0.15, 0.2) is 56.7 Å². The van der Waals surface area contributed by atoms with E-state index in [0.29, 0.717) is 23.4 Å². The molecule has 0 aliphatic carbocycles. The van der Waals surface area contributed by atoms with E-state index in [0.717, 1.165) is 11.3 Å². The summed E-state index contributed by atoms with van der Waals surface area (Å²) in [7, 11) is 1.61. The van der Waals surface area contributed by atoms with Crippen LogP contribution >= 0.6 is 11.8 Å². The number of hydrogen-bond donors (Lipinski definition) is 1. The van der Waals surface area contributed by atoms with Gasteiger partial charge in [0, 0.05) is 6.54 Å². The average molecular weight is 345 g/mol. The Kier molecular flexibility index (Phi) is 5.17. The number of hydrogen-bond acceptors (Lipinski definition) is 7. The van der Waals surface area contributed by atoms with E-state index in [-0.39, 0.29) is 11.7 Å². The highest BCUT2D eigenvalue weighted by atomic mass is 32.2. The van der Waals surface area contributed by atoms with E-state index in [1.54, 1.807) is 19.2 Å². The van der Waals surface area contributed by atoms with Crippen molar-refractivity contribution in [2.45, 2.75) is 11.8 Å². The van der Waals surface area contributed by atoms with E-state index in [9.17, 15) is 4.79 Å². The first-order valence-corrected chi connectivity index (χ1v) is 8.13. The molecule has 0 saturated heterocycles. The molecule has 0 saturated carbocycles. The highest BCUT2D eigenvalue weighted by Crippen LogP contribution is 2.23. The Morgan fingerprint density at radius 1 is 1.29 bits per heavy atom. The van der Waals surface area contributed by atoms with Gasteiger partial charge in [-0.2, -0.15) is 0 Å². The van der Waals surface area contributed by atoms with Crippen LogP contribution in [0.25, 0.3) is 11.7 Å². The van der Waals surface area contributed by atoms with Gasteiger partial charge in [0.15, 0.2) is 5.76 Å². The van der Waals surface area contributed by atoms with Crippen LogP contribution in [0.5, 0.6) is 5.75 Å². The molecule has 0 atom stereocenters. The van der Waals surface area contributed by atoms with Gasteiger partial charge in [0.25, 0.3) is 11.1 Å². The molecular weight excluding hydrogens is 330 g/mol. The summed E-state index contributed by atoms with van der Waals surface area (Å²) in [5.41, 5.74) is 0.964. The first-order valence-electron chi connectivity index (χ1n) is 7.14. The molecule has 2 aromatic heterocycles. The molecule has 0 aliphatic rings. The van der Waals surface area contributed by atoms with Crippen molar-refractivity contribution in [2.75, 3.05) is 12.9 Å². The normalized spacial score (nSPS) is 10.5. The predicted octanol–water partition coefficient (Wildman–Crippen LogP) is 2.75. The number of nitrogens with one attached hydrogen (secondary N) is 1. The molecular formula is C16H15N3O4S. The molecule has 2 heterocycles. The first-order chi connectivity index (χ1) is 11.7. The smallest absolute Gasteiger partial charge is 0.284 e. The highest BCUT2D eigenvalue weighted by Gasteiger charge is 2.12. The number of rotatable bonds is 7. The van der Waals surface area contributed by atoms with Crippen molar-refractivity contribution in [2.24, 2.45) is 0 Å². The zero-order valence-electron chi connectivity index (χ0n) is 12.9. The minimum Gasteiger partial charge on any atom is -0.497 e. The minimum atomic E-state index is -0.124. The van der Waals surface area contributed by atoms with Gasteiger partial charge in [0.1, 0.15) is 5.75 Å². The average Bonchev–Trinajstić information content (AvgIpc) is 3.29. The Hall–Kier alpha value is -2.74. The summed E-state index contributed by atoms with van der Waals surface area (Å²) < 4.78 is 15.7. The summed E-state index contributed by atoms with van der Waals surface area (Å²) in [5.74, 6) is 1.60.